The van der Waals surface area contributed by atoms with Crippen molar-refractivity contribution in [2.45, 2.75) is 25.2 Å². The van der Waals surface area contributed by atoms with Crippen molar-refractivity contribution in [2.24, 2.45) is 0 Å². The van der Waals surface area contributed by atoms with Crippen LogP contribution in [0.2, 0.25) is 0 Å². The van der Waals surface area contributed by atoms with Crippen LogP contribution in [0.1, 0.15) is 30.7 Å². The van der Waals surface area contributed by atoms with Gasteiger partial charge in [-0.3, -0.25) is 0 Å². The van der Waals surface area contributed by atoms with Gasteiger partial charge in [0.15, 0.2) is 0 Å². The summed E-state index contributed by atoms with van der Waals surface area (Å²) in [5.74, 6) is 1.29. The highest BCUT2D eigenvalue weighted by molar-refractivity contribution is 5.31. The van der Waals surface area contributed by atoms with Gasteiger partial charge in [-0.15, -0.1) is 0 Å². The number of hydrogen-bond donors (Lipinski definition) is 0. The maximum atomic E-state index is 8.54. The highest BCUT2D eigenvalue weighted by Gasteiger charge is 2.20. The monoisotopic (exact) mass is 202 g/mol. The predicted octanol–water partition coefficient (Wildman–Crippen LogP) is 1.70. The van der Waals surface area contributed by atoms with Crippen molar-refractivity contribution in [1.82, 2.24) is 9.97 Å². The average Bonchev–Trinajstić information content (AvgIpc) is 2.16. The van der Waals surface area contributed by atoms with Crippen LogP contribution in [0.3, 0.4) is 0 Å². The summed E-state index contributed by atoms with van der Waals surface area (Å²) in [5.41, 5.74) is 1.23. The van der Waals surface area contributed by atoms with Gasteiger partial charge < -0.3 is 4.90 Å². The number of nitriles is 1. The minimum Gasteiger partial charge on any atom is -0.331 e. The van der Waals surface area contributed by atoms with Crippen LogP contribution in [0.5, 0.6) is 0 Å². The fourth-order valence-corrected chi connectivity index (χ4v) is 1.66. The maximum Gasteiger partial charge on any atom is 0.225 e. The fourth-order valence-electron chi connectivity index (χ4n) is 1.66. The molecule has 4 nitrogen and oxygen atoms in total. The van der Waals surface area contributed by atoms with Crippen molar-refractivity contribution < 1.29 is 0 Å². The quantitative estimate of drug-likeness (QED) is 0.700. The minimum absolute atomic E-state index is 0.322. The predicted molar refractivity (Wildman–Crippen MR) is 57.5 cm³/mol. The Balaban J connectivity index is 2.06. The summed E-state index contributed by atoms with van der Waals surface area (Å²) < 4.78 is 0. The van der Waals surface area contributed by atoms with Crippen molar-refractivity contribution in [3.8, 4) is 6.07 Å². The second-order valence-electron chi connectivity index (χ2n) is 3.96. The Morgan fingerprint density at radius 1 is 1.47 bits per heavy atom. The molecule has 1 fully saturated rings. The third-order valence-electron chi connectivity index (χ3n) is 2.88. The van der Waals surface area contributed by atoms with Gasteiger partial charge in [-0.25, -0.2) is 9.97 Å². The molecule has 1 aliphatic rings. The van der Waals surface area contributed by atoms with E-state index in [0.29, 0.717) is 18.4 Å². The number of anilines is 1. The standard InChI is InChI=1S/C11H14N4/c1-15(6-5-12)11-13-7-10(8-14-11)9-3-2-4-9/h7-9H,2-4,6H2,1H3. The van der Waals surface area contributed by atoms with Crippen LogP contribution < -0.4 is 4.90 Å². The largest absolute Gasteiger partial charge is 0.331 e. The average molecular weight is 202 g/mol. The highest BCUT2D eigenvalue weighted by atomic mass is 15.2. The van der Waals surface area contributed by atoms with Gasteiger partial charge in [-0.2, -0.15) is 5.26 Å². The lowest BCUT2D eigenvalue weighted by atomic mass is 9.81. The Bertz CT molecular complexity index is 361. The summed E-state index contributed by atoms with van der Waals surface area (Å²) in [4.78, 5) is 10.3. The molecule has 1 heterocycles. The van der Waals surface area contributed by atoms with Crippen LogP contribution in [0.15, 0.2) is 12.4 Å². The van der Waals surface area contributed by atoms with Crippen LogP contribution in [0.4, 0.5) is 5.95 Å². The number of hydrogen-bond acceptors (Lipinski definition) is 4. The SMILES string of the molecule is CN(CC#N)c1ncc(C2CCC2)cn1. The van der Waals surface area contributed by atoms with Gasteiger partial charge in [0.1, 0.15) is 6.54 Å². The third kappa shape index (κ3) is 2.07. The summed E-state index contributed by atoms with van der Waals surface area (Å²) in [6, 6.07) is 2.07. The maximum absolute atomic E-state index is 8.54. The summed E-state index contributed by atoms with van der Waals surface area (Å²) in [6.07, 6.45) is 7.62. The van der Waals surface area contributed by atoms with Gasteiger partial charge in [0, 0.05) is 19.4 Å². The molecule has 1 aromatic heterocycles. The molecular formula is C11H14N4. The zero-order valence-electron chi connectivity index (χ0n) is 8.85. The Morgan fingerprint density at radius 2 is 2.13 bits per heavy atom. The molecule has 0 bridgehead atoms. The highest BCUT2D eigenvalue weighted by Crippen LogP contribution is 2.35. The molecule has 0 spiro atoms. The molecule has 0 saturated heterocycles. The lowest BCUT2D eigenvalue weighted by Crippen LogP contribution is -2.20. The van der Waals surface area contributed by atoms with Crippen LogP contribution >= 0.6 is 0 Å². The molecule has 0 N–H and O–H groups in total. The van der Waals surface area contributed by atoms with Crippen molar-refractivity contribution in [2.75, 3.05) is 18.5 Å². The van der Waals surface area contributed by atoms with E-state index in [1.807, 2.05) is 19.4 Å². The van der Waals surface area contributed by atoms with E-state index in [-0.39, 0.29) is 0 Å². The van der Waals surface area contributed by atoms with Crippen molar-refractivity contribution in [3.05, 3.63) is 18.0 Å². The molecule has 15 heavy (non-hydrogen) atoms. The van der Waals surface area contributed by atoms with E-state index in [2.05, 4.69) is 16.0 Å². The zero-order valence-corrected chi connectivity index (χ0v) is 8.85. The lowest BCUT2D eigenvalue weighted by Gasteiger charge is -2.25. The van der Waals surface area contributed by atoms with Gasteiger partial charge in [0.2, 0.25) is 5.95 Å². The molecule has 1 aliphatic carbocycles. The van der Waals surface area contributed by atoms with Gasteiger partial charge in [-0.05, 0) is 24.3 Å². The van der Waals surface area contributed by atoms with E-state index in [1.165, 1.54) is 24.8 Å². The van der Waals surface area contributed by atoms with Crippen LogP contribution in [-0.4, -0.2) is 23.6 Å². The van der Waals surface area contributed by atoms with Crippen LogP contribution in [0.25, 0.3) is 0 Å². The summed E-state index contributed by atoms with van der Waals surface area (Å²) in [7, 11) is 1.82. The van der Waals surface area contributed by atoms with Crippen molar-refractivity contribution in [3.63, 3.8) is 0 Å². The molecule has 4 heteroatoms. The molecule has 0 amide bonds. The van der Waals surface area contributed by atoms with E-state index in [9.17, 15) is 0 Å². The van der Waals surface area contributed by atoms with Crippen molar-refractivity contribution >= 4 is 5.95 Å². The van der Waals surface area contributed by atoms with Gasteiger partial charge >= 0.3 is 0 Å². The summed E-state index contributed by atoms with van der Waals surface area (Å²) in [5, 5.41) is 8.54. The molecule has 0 aliphatic heterocycles. The summed E-state index contributed by atoms with van der Waals surface area (Å²) in [6.45, 7) is 0.322. The minimum atomic E-state index is 0.322. The first-order valence-corrected chi connectivity index (χ1v) is 5.21. The Labute approximate surface area is 89.6 Å². The molecule has 2 rings (SSSR count). The second kappa shape index (κ2) is 4.26. The van der Waals surface area contributed by atoms with Gasteiger partial charge in [0.05, 0.1) is 6.07 Å². The molecule has 78 valence electrons. The van der Waals surface area contributed by atoms with Crippen LogP contribution in [0, 0.1) is 11.3 Å². The van der Waals surface area contributed by atoms with Crippen molar-refractivity contribution in [1.29, 1.82) is 5.26 Å². The fraction of sp³-hybridized carbons (Fsp3) is 0.545. The van der Waals surface area contributed by atoms with Gasteiger partial charge in [0.25, 0.3) is 0 Å². The Kier molecular flexibility index (Phi) is 2.82. The van der Waals surface area contributed by atoms with E-state index in [4.69, 9.17) is 5.26 Å². The first-order valence-electron chi connectivity index (χ1n) is 5.21. The number of rotatable bonds is 3. The molecule has 0 atom stereocenters. The van der Waals surface area contributed by atoms with E-state index >= 15 is 0 Å². The lowest BCUT2D eigenvalue weighted by molar-refractivity contribution is 0.418. The zero-order chi connectivity index (χ0) is 10.7. The topological polar surface area (TPSA) is 52.8 Å². The summed E-state index contributed by atoms with van der Waals surface area (Å²) >= 11 is 0. The van der Waals surface area contributed by atoms with Gasteiger partial charge in [-0.1, -0.05) is 6.42 Å². The second-order valence-corrected chi connectivity index (χ2v) is 3.96. The molecule has 0 aromatic carbocycles. The molecule has 0 unspecified atom stereocenters. The normalized spacial score (nSPS) is 15.5. The number of nitrogens with zero attached hydrogens (tertiary/aromatic N) is 4. The smallest absolute Gasteiger partial charge is 0.225 e. The molecular weight excluding hydrogens is 188 g/mol. The molecule has 1 saturated carbocycles. The molecule has 0 radical (unpaired) electrons. The Morgan fingerprint density at radius 3 is 2.60 bits per heavy atom. The van der Waals surface area contributed by atoms with E-state index in [0.717, 1.165) is 0 Å². The first kappa shape index (κ1) is 9.91. The first-order chi connectivity index (χ1) is 7.31. The van der Waals surface area contributed by atoms with Crippen LogP contribution in [-0.2, 0) is 0 Å². The Hall–Kier alpha value is -1.63. The van der Waals surface area contributed by atoms with E-state index in [1.54, 1.807) is 4.90 Å². The molecule has 1 aromatic rings. The number of aromatic nitrogens is 2. The van der Waals surface area contributed by atoms with E-state index < -0.39 is 0 Å². The third-order valence-corrected chi connectivity index (χ3v) is 2.88.